The Hall–Kier alpha value is -4.05. The minimum absolute atomic E-state index is 0.0812. The average molecular weight is 609 g/mol. The van der Waals surface area contributed by atoms with Crippen molar-refractivity contribution in [2.45, 2.75) is 51.3 Å². The van der Waals surface area contributed by atoms with Crippen LogP contribution in [0.4, 0.5) is 23.4 Å². The summed E-state index contributed by atoms with van der Waals surface area (Å²) in [4.78, 5) is 36.8. The number of amides is 2. The lowest BCUT2D eigenvalue weighted by Gasteiger charge is -2.45. The maximum absolute atomic E-state index is 14.8. The van der Waals surface area contributed by atoms with Crippen LogP contribution in [0.15, 0.2) is 24.7 Å². The number of hydrogen-bond donors (Lipinski definition) is 3. The molecule has 0 aromatic carbocycles. The van der Waals surface area contributed by atoms with E-state index in [-0.39, 0.29) is 22.7 Å². The Morgan fingerprint density at radius 1 is 1.21 bits per heavy atom. The van der Waals surface area contributed by atoms with Crippen LogP contribution in [0.25, 0.3) is 16.8 Å². The number of hydrogen-bond acceptors (Lipinski definition) is 9. The molecule has 3 atom stereocenters. The molecule has 0 aliphatic carbocycles. The second-order valence-corrected chi connectivity index (χ2v) is 11.9. The third-order valence-corrected chi connectivity index (χ3v) is 7.76. The summed E-state index contributed by atoms with van der Waals surface area (Å²) in [6.45, 7) is 5.73. The molecule has 3 aromatic rings. The number of aliphatic hydroxyl groups is 1. The van der Waals surface area contributed by atoms with Gasteiger partial charge in [-0.1, -0.05) is 13.8 Å². The van der Waals surface area contributed by atoms with E-state index in [0.717, 1.165) is 18.7 Å². The first-order chi connectivity index (χ1) is 20.0. The molecular weight excluding hydrogens is 576 g/mol. The highest BCUT2D eigenvalue weighted by Gasteiger charge is 2.58. The average Bonchev–Trinajstić information content (AvgIpc) is 3.47. The number of anilines is 1. The molecule has 3 aromatic heterocycles. The zero-order valence-corrected chi connectivity index (χ0v) is 23.9. The van der Waals surface area contributed by atoms with Crippen LogP contribution in [-0.4, -0.2) is 104 Å². The fraction of sp³-hybridized carbons (Fsp3) is 0.519. The summed E-state index contributed by atoms with van der Waals surface area (Å²) in [6.07, 6.45) is -4.37. The van der Waals surface area contributed by atoms with Gasteiger partial charge in [-0.15, -0.1) is 0 Å². The summed E-state index contributed by atoms with van der Waals surface area (Å²) < 4.78 is 61.2. The summed E-state index contributed by atoms with van der Waals surface area (Å²) in [5.74, 6) is -2.34. The van der Waals surface area contributed by atoms with E-state index in [4.69, 9.17) is 10.5 Å². The van der Waals surface area contributed by atoms with Crippen LogP contribution in [0.3, 0.4) is 0 Å². The van der Waals surface area contributed by atoms with Crippen LogP contribution in [0, 0.1) is 5.41 Å². The summed E-state index contributed by atoms with van der Waals surface area (Å²) in [6, 6.07) is 2.00. The van der Waals surface area contributed by atoms with Crippen molar-refractivity contribution < 1.29 is 37.0 Å². The number of carbonyl (C=O) groups is 2. The fourth-order valence-corrected chi connectivity index (χ4v) is 5.65. The Balaban J connectivity index is 1.41. The highest BCUT2D eigenvalue weighted by molar-refractivity contribution is 5.98. The fourth-order valence-electron chi connectivity index (χ4n) is 5.65. The molecule has 0 saturated carbocycles. The molecule has 2 aliphatic rings. The lowest BCUT2D eigenvalue weighted by atomic mass is 9.84. The van der Waals surface area contributed by atoms with Crippen LogP contribution in [0.1, 0.15) is 36.7 Å². The molecule has 0 bridgehead atoms. The van der Waals surface area contributed by atoms with Crippen molar-refractivity contribution in [2.75, 3.05) is 39.0 Å². The number of fused-ring (bicyclic) bond motifs is 1. The van der Waals surface area contributed by atoms with Crippen LogP contribution in [0.2, 0.25) is 0 Å². The quantitative estimate of drug-likeness (QED) is 0.341. The zero-order valence-electron chi connectivity index (χ0n) is 23.9. The van der Waals surface area contributed by atoms with Gasteiger partial charge in [0.1, 0.15) is 23.6 Å². The first-order valence-electron chi connectivity index (χ1n) is 13.4. The molecule has 4 N–H and O–H groups in total. The van der Waals surface area contributed by atoms with E-state index in [1.165, 1.54) is 25.7 Å². The molecular formula is C27H32F4N8O4. The SMILES string of the molecule is COc1ncc(-c2cc(CN3CC(C)(C)C3)c3c(N)ncnn23)cc1C(=O)N[C@@H]1CN(C(=O)C(C)(O)C(F)(F)F)C[C@@H]1F. The molecule has 232 valence electrons. The molecule has 12 nitrogen and oxygen atoms in total. The van der Waals surface area contributed by atoms with Crippen molar-refractivity contribution in [3.05, 3.63) is 35.8 Å². The lowest BCUT2D eigenvalue weighted by molar-refractivity contribution is -0.249. The maximum Gasteiger partial charge on any atom is 0.426 e. The first kappa shape index (κ1) is 30.4. The number of nitrogen functional groups attached to an aromatic ring is 1. The third kappa shape index (κ3) is 5.56. The van der Waals surface area contributed by atoms with Gasteiger partial charge in [0.25, 0.3) is 11.8 Å². The monoisotopic (exact) mass is 608 g/mol. The largest absolute Gasteiger partial charge is 0.480 e. The topological polar surface area (TPSA) is 151 Å². The normalized spacial score (nSPS) is 21.8. The number of pyridine rings is 1. The van der Waals surface area contributed by atoms with Gasteiger partial charge < -0.3 is 25.8 Å². The Bertz CT molecular complexity index is 1570. The van der Waals surface area contributed by atoms with Crippen molar-refractivity contribution in [1.82, 2.24) is 34.7 Å². The zero-order chi connectivity index (χ0) is 31.5. The number of carbonyl (C=O) groups excluding carboxylic acids is 2. The number of halogens is 4. The predicted octanol–water partition coefficient (Wildman–Crippen LogP) is 1.82. The summed E-state index contributed by atoms with van der Waals surface area (Å²) in [7, 11) is 1.29. The van der Waals surface area contributed by atoms with E-state index < -0.39 is 48.9 Å². The number of aromatic nitrogens is 4. The van der Waals surface area contributed by atoms with Gasteiger partial charge in [-0.2, -0.15) is 18.3 Å². The minimum Gasteiger partial charge on any atom is -0.480 e. The molecule has 5 rings (SSSR count). The Morgan fingerprint density at radius 2 is 1.91 bits per heavy atom. The van der Waals surface area contributed by atoms with Crippen molar-refractivity contribution in [1.29, 1.82) is 0 Å². The lowest BCUT2D eigenvalue weighted by Crippen LogP contribution is -2.56. The highest BCUT2D eigenvalue weighted by Crippen LogP contribution is 2.35. The molecule has 16 heteroatoms. The summed E-state index contributed by atoms with van der Waals surface area (Å²) in [5, 5.41) is 16.5. The van der Waals surface area contributed by atoms with Crippen LogP contribution >= 0.6 is 0 Å². The molecule has 1 unspecified atom stereocenters. The summed E-state index contributed by atoms with van der Waals surface area (Å²) >= 11 is 0. The second-order valence-electron chi connectivity index (χ2n) is 11.9. The number of methoxy groups -OCH3 is 1. The van der Waals surface area contributed by atoms with Gasteiger partial charge in [-0.25, -0.2) is 18.9 Å². The molecule has 43 heavy (non-hydrogen) atoms. The maximum atomic E-state index is 14.8. The number of alkyl halides is 4. The Kier molecular flexibility index (Phi) is 7.49. The van der Waals surface area contributed by atoms with Gasteiger partial charge >= 0.3 is 6.18 Å². The molecule has 2 fully saturated rings. The van der Waals surface area contributed by atoms with E-state index in [2.05, 4.69) is 39.1 Å². The molecule has 2 aliphatic heterocycles. The first-order valence-corrected chi connectivity index (χ1v) is 13.4. The number of nitrogens with one attached hydrogen (secondary N) is 1. The summed E-state index contributed by atoms with van der Waals surface area (Å²) in [5.41, 5.74) is 5.13. The van der Waals surface area contributed by atoms with E-state index in [0.29, 0.717) is 35.1 Å². The number of nitrogens with two attached hydrogens (primary N) is 1. The minimum atomic E-state index is -5.26. The second kappa shape index (κ2) is 10.6. The van der Waals surface area contributed by atoms with Gasteiger partial charge in [0.05, 0.1) is 25.4 Å². The van der Waals surface area contributed by atoms with Crippen LogP contribution in [-0.2, 0) is 11.3 Å². The number of nitrogens with zero attached hydrogens (tertiary/aromatic N) is 6. The number of likely N-dealkylation sites (tertiary alicyclic amines) is 2. The Labute approximate surface area is 243 Å². The van der Waals surface area contributed by atoms with Gasteiger partial charge in [-0.05, 0) is 30.0 Å². The number of rotatable bonds is 7. The molecule has 2 amide bonds. The van der Waals surface area contributed by atoms with Gasteiger partial charge in [0.15, 0.2) is 5.82 Å². The van der Waals surface area contributed by atoms with Crippen molar-refractivity contribution in [2.24, 2.45) is 5.41 Å². The molecule has 0 radical (unpaired) electrons. The standard InChI is InChI=1S/C27H32F4N8O4/c1-25(2)11-37(12-25)8-15-6-19(39-20(15)21(32)34-13-35-39)14-5-16(23(43-4)33-7-14)22(40)36-18-10-38(9-17(18)28)24(41)26(3,42)27(29,30)31/h5-7,13,17-18,42H,8-12H2,1-4H3,(H,36,40)(H2,32,34,35)/t17-,18+,26?/m0/s1. The predicted molar refractivity (Wildman–Crippen MR) is 146 cm³/mol. The van der Waals surface area contributed by atoms with Crippen LogP contribution < -0.4 is 15.8 Å². The molecule has 5 heterocycles. The van der Waals surface area contributed by atoms with Crippen molar-refractivity contribution in [3.8, 4) is 17.1 Å². The number of ether oxygens (including phenoxy) is 1. The van der Waals surface area contributed by atoms with E-state index in [1.54, 1.807) is 4.52 Å². The van der Waals surface area contributed by atoms with E-state index in [1.807, 2.05) is 6.07 Å². The van der Waals surface area contributed by atoms with Crippen molar-refractivity contribution in [3.63, 3.8) is 0 Å². The van der Waals surface area contributed by atoms with Gasteiger partial charge in [0.2, 0.25) is 11.5 Å². The molecule has 0 spiro atoms. The van der Waals surface area contributed by atoms with Gasteiger partial charge in [0, 0.05) is 37.9 Å². The highest BCUT2D eigenvalue weighted by atomic mass is 19.4. The van der Waals surface area contributed by atoms with Crippen molar-refractivity contribution >= 4 is 23.1 Å². The smallest absolute Gasteiger partial charge is 0.426 e. The van der Waals surface area contributed by atoms with Gasteiger partial charge in [-0.3, -0.25) is 14.5 Å². The van der Waals surface area contributed by atoms with E-state index >= 15 is 0 Å². The molecule has 2 saturated heterocycles. The third-order valence-electron chi connectivity index (χ3n) is 7.76. The Morgan fingerprint density at radius 3 is 2.53 bits per heavy atom. The van der Waals surface area contributed by atoms with Crippen LogP contribution in [0.5, 0.6) is 5.88 Å². The van der Waals surface area contributed by atoms with E-state index in [9.17, 15) is 32.3 Å².